The summed E-state index contributed by atoms with van der Waals surface area (Å²) in [5.41, 5.74) is 4.62. The molecule has 35 heavy (non-hydrogen) atoms. The average molecular weight is 561 g/mol. The standard InChI is InChI=1S/C25H27BrClN5O3/c1-6-35-24(33)22-23(32(14(2)3)25(26)28-22)18(16-7-9-17(27)10-8-16)11-15-12-19-21(20(13-15)34-5)29-30-31(19)4/h7-10,12-14,18H,6,11H2,1-5H3. The van der Waals surface area contributed by atoms with Crippen molar-refractivity contribution >= 4 is 44.5 Å². The third-order valence-electron chi connectivity index (χ3n) is 5.89. The second-order valence-electron chi connectivity index (χ2n) is 8.49. The fraction of sp³-hybridized carbons (Fsp3) is 0.360. The topological polar surface area (TPSA) is 84.1 Å². The summed E-state index contributed by atoms with van der Waals surface area (Å²) in [6.07, 6.45) is 0.566. The first-order valence-corrected chi connectivity index (χ1v) is 12.5. The molecule has 1 unspecified atom stereocenters. The van der Waals surface area contributed by atoms with Crippen LogP contribution in [0.1, 0.15) is 60.0 Å². The highest BCUT2D eigenvalue weighted by Crippen LogP contribution is 2.37. The molecule has 4 rings (SSSR count). The molecule has 0 aliphatic heterocycles. The number of fused-ring (bicyclic) bond motifs is 1. The SMILES string of the molecule is CCOC(=O)c1nc(Br)n(C(C)C)c1C(Cc1cc(OC)c2nnn(C)c2c1)c1ccc(Cl)cc1. The molecule has 0 bridgehead atoms. The van der Waals surface area contributed by atoms with Crippen molar-refractivity contribution in [3.05, 3.63) is 68.7 Å². The molecule has 10 heteroatoms. The number of hydrogen-bond donors (Lipinski definition) is 0. The minimum atomic E-state index is -0.453. The van der Waals surface area contributed by atoms with E-state index in [2.05, 4.69) is 51.1 Å². The van der Waals surface area contributed by atoms with Crippen molar-refractivity contribution in [3.8, 4) is 5.75 Å². The lowest BCUT2D eigenvalue weighted by Crippen LogP contribution is -2.18. The molecule has 0 spiro atoms. The van der Waals surface area contributed by atoms with E-state index >= 15 is 0 Å². The van der Waals surface area contributed by atoms with E-state index in [0.29, 0.717) is 33.1 Å². The Kier molecular flexibility index (Phi) is 7.47. The lowest BCUT2D eigenvalue weighted by atomic mass is 9.87. The Morgan fingerprint density at radius 1 is 1.20 bits per heavy atom. The lowest BCUT2D eigenvalue weighted by molar-refractivity contribution is 0.0518. The highest BCUT2D eigenvalue weighted by atomic mass is 79.9. The van der Waals surface area contributed by atoms with Gasteiger partial charge >= 0.3 is 5.97 Å². The fourth-order valence-corrected chi connectivity index (χ4v) is 5.23. The number of carbonyl (C=O) groups is 1. The van der Waals surface area contributed by atoms with Gasteiger partial charge in [0.2, 0.25) is 0 Å². The summed E-state index contributed by atoms with van der Waals surface area (Å²) in [6, 6.07) is 11.7. The van der Waals surface area contributed by atoms with Crippen LogP contribution in [0.15, 0.2) is 41.1 Å². The van der Waals surface area contributed by atoms with E-state index in [1.54, 1.807) is 18.7 Å². The molecule has 1 atom stereocenters. The number of methoxy groups -OCH3 is 1. The number of imidazole rings is 1. The number of halogens is 2. The largest absolute Gasteiger partial charge is 0.494 e. The number of hydrogen-bond acceptors (Lipinski definition) is 6. The third kappa shape index (κ3) is 4.92. The molecule has 0 fully saturated rings. The summed E-state index contributed by atoms with van der Waals surface area (Å²) in [5.74, 6) is -0.0359. The number of rotatable bonds is 8. The number of aryl methyl sites for hydroxylation is 1. The van der Waals surface area contributed by atoms with Gasteiger partial charge in [-0.25, -0.2) is 14.5 Å². The van der Waals surface area contributed by atoms with Crippen LogP contribution in [0.5, 0.6) is 5.75 Å². The molecular formula is C25H27BrClN5O3. The van der Waals surface area contributed by atoms with E-state index in [-0.39, 0.29) is 18.6 Å². The van der Waals surface area contributed by atoms with Gasteiger partial charge in [-0.05, 0) is 78.5 Å². The van der Waals surface area contributed by atoms with Crippen LogP contribution in [-0.2, 0) is 18.2 Å². The molecule has 184 valence electrons. The van der Waals surface area contributed by atoms with Crippen molar-refractivity contribution in [2.24, 2.45) is 7.05 Å². The predicted octanol–water partition coefficient (Wildman–Crippen LogP) is 5.72. The normalized spacial score (nSPS) is 12.3. The van der Waals surface area contributed by atoms with Crippen LogP contribution in [0.25, 0.3) is 11.0 Å². The zero-order valence-electron chi connectivity index (χ0n) is 20.2. The maximum atomic E-state index is 13.0. The monoisotopic (exact) mass is 559 g/mol. The van der Waals surface area contributed by atoms with Gasteiger partial charge in [0, 0.05) is 24.0 Å². The van der Waals surface area contributed by atoms with Gasteiger partial charge in [0.1, 0.15) is 5.75 Å². The quantitative estimate of drug-likeness (QED) is 0.256. The number of esters is 1. The molecule has 0 amide bonds. The Bertz CT molecular complexity index is 1360. The van der Waals surface area contributed by atoms with Gasteiger partial charge in [-0.1, -0.05) is 28.9 Å². The van der Waals surface area contributed by atoms with Crippen LogP contribution in [-0.4, -0.2) is 44.2 Å². The zero-order valence-corrected chi connectivity index (χ0v) is 22.6. The van der Waals surface area contributed by atoms with E-state index in [4.69, 9.17) is 21.1 Å². The van der Waals surface area contributed by atoms with Gasteiger partial charge in [-0.15, -0.1) is 5.10 Å². The summed E-state index contributed by atoms with van der Waals surface area (Å²) >= 11 is 9.78. The van der Waals surface area contributed by atoms with Crippen LogP contribution >= 0.6 is 27.5 Å². The van der Waals surface area contributed by atoms with Gasteiger partial charge in [0.25, 0.3) is 0 Å². The van der Waals surface area contributed by atoms with Crippen LogP contribution in [0.2, 0.25) is 5.02 Å². The molecule has 0 aliphatic rings. The fourth-order valence-electron chi connectivity index (χ4n) is 4.32. The molecule has 8 nitrogen and oxygen atoms in total. The van der Waals surface area contributed by atoms with Crippen molar-refractivity contribution < 1.29 is 14.3 Å². The Labute approximate surface area is 217 Å². The van der Waals surface area contributed by atoms with Crippen LogP contribution < -0.4 is 4.74 Å². The van der Waals surface area contributed by atoms with Gasteiger partial charge in [0.15, 0.2) is 15.9 Å². The Morgan fingerprint density at radius 2 is 1.91 bits per heavy atom. The summed E-state index contributed by atoms with van der Waals surface area (Å²) in [5, 5.41) is 9.00. The molecule has 0 saturated carbocycles. The van der Waals surface area contributed by atoms with Crippen molar-refractivity contribution in [2.45, 2.75) is 39.2 Å². The van der Waals surface area contributed by atoms with E-state index < -0.39 is 5.97 Å². The first-order chi connectivity index (χ1) is 16.7. The highest BCUT2D eigenvalue weighted by Gasteiger charge is 2.31. The number of benzene rings is 2. The average Bonchev–Trinajstić information content (AvgIpc) is 3.37. The minimum Gasteiger partial charge on any atom is -0.494 e. The number of carbonyl (C=O) groups excluding carboxylic acids is 1. The molecule has 2 aromatic carbocycles. The first-order valence-electron chi connectivity index (χ1n) is 11.3. The molecular weight excluding hydrogens is 534 g/mol. The first kappa shape index (κ1) is 25.2. The van der Waals surface area contributed by atoms with Gasteiger partial charge in [-0.3, -0.25) is 0 Å². The summed E-state index contributed by atoms with van der Waals surface area (Å²) in [6.45, 7) is 6.16. The van der Waals surface area contributed by atoms with Crippen molar-refractivity contribution in [2.75, 3.05) is 13.7 Å². The van der Waals surface area contributed by atoms with E-state index in [1.165, 1.54) is 0 Å². The maximum Gasteiger partial charge on any atom is 0.358 e. The Hall–Kier alpha value is -2.91. The second kappa shape index (κ2) is 10.4. The Morgan fingerprint density at radius 3 is 2.54 bits per heavy atom. The second-order valence-corrected chi connectivity index (χ2v) is 9.63. The molecule has 2 heterocycles. The molecule has 2 aromatic heterocycles. The number of aromatic nitrogens is 5. The number of ether oxygens (including phenoxy) is 2. The summed E-state index contributed by atoms with van der Waals surface area (Å²) in [7, 11) is 3.47. The van der Waals surface area contributed by atoms with Crippen molar-refractivity contribution in [1.29, 1.82) is 0 Å². The van der Waals surface area contributed by atoms with Crippen molar-refractivity contribution in [3.63, 3.8) is 0 Å². The van der Waals surface area contributed by atoms with Crippen molar-refractivity contribution in [1.82, 2.24) is 24.5 Å². The summed E-state index contributed by atoms with van der Waals surface area (Å²) in [4.78, 5) is 17.6. The van der Waals surface area contributed by atoms with E-state index in [0.717, 1.165) is 22.3 Å². The van der Waals surface area contributed by atoms with Crippen LogP contribution in [0.3, 0.4) is 0 Å². The number of nitrogens with zero attached hydrogens (tertiary/aromatic N) is 5. The lowest BCUT2D eigenvalue weighted by Gasteiger charge is -2.23. The molecule has 0 aliphatic carbocycles. The van der Waals surface area contributed by atoms with Gasteiger partial charge in [0.05, 0.1) is 24.9 Å². The van der Waals surface area contributed by atoms with Gasteiger partial charge in [-0.2, -0.15) is 0 Å². The van der Waals surface area contributed by atoms with Crippen LogP contribution in [0, 0.1) is 0 Å². The molecule has 0 saturated heterocycles. The summed E-state index contributed by atoms with van der Waals surface area (Å²) < 4.78 is 15.3. The Balaban J connectivity index is 1.93. The minimum absolute atomic E-state index is 0.0446. The zero-order chi connectivity index (χ0) is 25.3. The van der Waals surface area contributed by atoms with E-state index in [1.807, 2.05) is 41.9 Å². The third-order valence-corrected chi connectivity index (χ3v) is 6.71. The van der Waals surface area contributed by atoms with Crippen LogP contribution in [0.4, 0.5) is 0 Å². The smallest absolute Gasteiger partial charge is 0.358 e. The molecule has 0 radical (unpaired) electrons. The highest BCUT2D eigenvalue weighted by molar-refractivity contribution is 9.10. The van der Waals surface area contributed by atoms with Gasteiger partial charge < -0.3 is 14.0 Å². The predicted molar refractivity (Wildman–Crippen MR) is 138 cm³/mol. The molecule has 0 N–H and O–H groups in total. The van der Waals surface area contributed by atoms with E-state index in [9.17, 15) is 4.79 Å². The molecule has 4 aromatic rings. The maximum absolute atomic E-state index is 13.0.